The summed E-state index contributed by atoms with van der Waals surface area (Å²) in [5.74, 6) is -0.684. The Morgan fingerprint density at radius 1 is 1.23 bits per heavy atom. The molecule has 10 heteroatoms. The predicted molar refractivity (Wildman–Crippen MR) is 116 cm³/mol. The number of aryl methyl sites for hydroxylation is 1. The second kappa shape index (κ2) is 8.52. The highest BCUT2D eigenvalue weighted by atomic mass is 35.5. The molecule has 0 saturated carbocycles. The first-order chi connectivity index (χ1) is 14.9. The highest BCUT2D eigenvalue weighted by Crippen LogP contribution is 2.39. The fourth-order valence-electron chi connectivity index (χ4n) is 3.56. The van der Waals surface area contributed by atoms with E-state index in [0.29, 0.717) is 21.9 Å². The minimum absolute atomic E-state index is 0.0200. The molecule has 160 valence electrons. The van der Waals surface area contributed by atoms with Gasteiger partial charge in [-0.25, -0.2) is 4.79 Å². The van der Waals surface area contributed by atoms with E-state index >= 15 is 0 Å². The van der Waals surface area contributed by atoms with Crippen molar-refractivity contribution in [3.8, 4) is 11.3 Å². The van der Waals surface area contributed by atoms with Crippen LogP contribution in [-0.4, -0.2) is 23.9 Å². The van der Waals surface area contributed by atoms with Crippen LogP contribution in [0.3, 0.4) is 0 Å². The third-order valence-electron chi connectivity index (χ3n) is 5.05. The number of fused-ring (bicyclic) bond motifs is 1. The molecule has 1 aliphatic carbocycles. The second-order valence-corrected chi connectivity index (χ2v) is 8.46. The molecule has 1 N–H and O–H groups in total. The average Bonchev–Trinajstić information content (AvgIpc) is 3.37. The van der Waals surface area contributed by atoms with Crippen LogP contribution in [-0.2, 0) is 17.6 Å². The Bertz CT molecular complexity index is 1200. The van der Waals surface area contributed by atoms with Crippen molar-refractivity contribution < 1.29 is 23.7 Å². The van der Waals surface area contributed by atoms with Crippen LogP contribution in [0, 0.1) is 10.1 Å². The number of nitro groups is 1. The topological polar surface area (TPSA) is 112 Å². The molecule has 0 atom stereocenters. The lowest BCUT2D eigenvalue weighted by atomic mass is 9.95. The van der Waals surface area contributed by atoms with Crippen LogP contribution in [0.5, 0.6) is 0 Å². The first kappa shape index (κ1) is 21.1. The van der Waals surface area contributed by atoms with Gasteiger partial charge >= 0.3 is 5.97 Å². The molecule has 0 saturated heterocycles. The Hall–Kier alpha value is -3.17. The summed E-state index contributed by atoms with van der Waals surface area (Å²) in [5.41, 5.74) is 1.63. The molecule has 0 aliphatic heterocycles. The molecule has 0 bridgehead atoms. The van der Waals surface area contributed by atoms with Crippen molar-refractivity contribution in [3.63, 3.8) is 0 Å². The van der Waals surface area contributed by atoms with Crippen molar-refractivity contribution in [2.24, 2.45) is 0 Å². The summed E-state index contributed by atoms with van der Waals surface area (Å²) in [6.45, 7) is 0. The number of nitrogens with one attached hydrogen (secondary N) is 1. The monoisotopic (exact) mass is 460 g/mol. The first-order valence-electron chi connectivity index (χ1n) is 9.47. The van der Waals surface area contributed by atoms with E-state index in [0.717, 1.165) is 36.1 Å². The van der Waals surface area contributed by atoms with Gasteiger partial charge in [0.05, 0.1) is 22.6 Å². The molecule has 0 fully saturated rings. The number of hydrogen-bond donors (Lipinski definition) is 1. The summed E-state index contributed by atoms with van der Waals surface area (Å²) in [7, 11) is 1.31. The maximum Gasteiger partial charge on any atom is 0.341 e. The van der Waals surface area contributed by atoms with Gasteiger partial charge in [-0.1, -0.05) is 11.6 Å². The summed E-state index contributed by atoms with van der Waals surface area (Å²) in [6.07, 6.45) is 3.66. The highest BCUT2D eigenvalue weighted by molar-refractivity contribution is 7.17. The van der Waals surface area contributed by atoms with Gasteiger partial charge in [0.1, 0.15) is 10.8 Å². The van der Waals surface area contributed by atoms with Crippen LogP contribution < -0.4 is 5.32 Å². The zero-order chi connectivity index (χ0) is 22.1. The standard InChI is InChI=1S/C21H17ClN2O6S/c1-29-21(26)18-13-4-2-3-5-17(13)31-20(18)23-19(25)16-9-8-15(30-16)12-7-6-11(24(27)28)10-14(12)22/h6-10H,2-5H2,1H3,(H,23,25). The van der Waals surface area contributed by atoms with Crippen molar-refractivity contribution in [3.05, 3.63) is 67.2 Å². The lowest BCUT2D eigenvalue weighted by Gasteiger charge is -2.11. The zero-order valence-corrected chi connectivity index (χ0v) is 18.0. The second-order valence-electron chi connectivity index (χ2n) is 6.95. The van der Waals surface area contributed by atoms with E-state index in [9.17, 15) is 19.7 Å². The van der Waals surface area contributed by atoms with Gasteiger partial charge < -0.3 is 14.5 Å². The average molecular weight is 461 g/mol. The molecular weight excluding hydrogens is 444 g/mol. The van der Waals surface area contributed by atoms with Gasteiger partial charge in [0.25, 0.3) is 11.6 Å². The number of halogens is 1. The number of carbonyl (C=O) groups is 2. The number of thiophene rings is 1. The number of rotatable bonds is 5. The lowest BCUT2D eigenvalue weighted by molar-refractivity contribution is -0.384. The molecular formula is C21H17ClN2O6S. The number of hydrogen-bond acceptors (Lipinski definition) is 7. The number of amides is 1. The molecule has 0 radical (unpaired) electrons. The molecule has 3 aromatic rings. The van der Waals surface area contributed by atoms with E-state index in [1.54, 1.807) is 6.07 Å². The minimum Gasteiger partial charge on any atom is -0.465 e. The van der Waals surface area contributed by atoms with Crippen molar-refractivity contribution in [2.75, 3.05) is 12.4 Å². The number of nitro benzene ring substituents is 1. The minimum atomic E-state index is -0.545. The quantitative estimate of drug-likeness (QED) is 0.306. The number of non-ortho nitro benzene ring substituents is 1. The van der Waals surface area contributed by atoms with Gasteiger partial charge in [0.15, 0.2) is 5.76 Å². The molecule has 1 amide bonds. The molecule has 2 heterocycles. The highest BCUT2D eigenvalue weighted by Gasteiger charge is 2.27. The molecule has 0 unspecified atom stereocenters. The summed E-state index contributed by atoms with van der Waals surface area (Å²) < 4.78 is 10.6. The maximum atomic E-state index is 12.8. The van der Waals surface area contributed by atoms with Crippen LogP contribution in [0.25, 0.3) is 11.3 Å². The Kier molecular flexibility index (Phi) is 5.79. The van der Waals surface area contributed by atoms with Gasteiger partial charge in [-0.3, -0.25) is 14.9 Å². The van der Waals surface area contributed by atoms with Crippen molar-refractivity contribution in [1.82, 2.24) is 0 Å². The van der Waals surface area contributed by atoms with Crippen LogP contribution in [0.1, 0.15) is 44.2 Å². The molecule has 2 aromatic heterocycles. The van der Waals surface area contributed by atoms with Crippen LogP contribution >= 0.6 is 22.9 Å². The zero-order valence-electron chi connectivity index (χ0n) is 16.4. The maximum absolute atomic E-state index is 12.8. The van der Waals surface area contributed by atoms with E-state index < -0.39 is 16.8 Å². The van der Waals surface area contributed by atoms with Crippen LogP contribution in [0.2, 0.25) is 5.02 Å². The molecule has 31 heavy (non-hydrogen) atoms. The summed E-state index contributed by atoms with van der Waals surface area (Å²) in [4.78, 5) is 36.5. The molecule has 0 spiro atoms. The number of esters is 1. The normalized spacial score (nSPS) is 12.8. The third kappa shape index (κ3) is 4.06. The number of benzene rings is 1. The van der Waals surface area contributed by atoms with Crippen LogP contribution in [0.15, 0.2) is 34.7 Å². The fourth-order valence-corrected chi connectivity index (χ4v) is 5.10. The van der Waals surface area contributed by atoms with E-state index in [4.69, 9.17) is 20.8 Å². The van der Waals surface area contributed by atoms with E-state index in [2.05, 4.69) is 5.32 Å². The number of furan rings is 1. The fraction of sp³-hybridized carbons (Fsp3) is 0.238. The van der Waals surface area contributed by atoms with E-state index in [1.165, 1.54) is 42.7 Å². The molecule has 1 aliphatic rings. The van der Waals surface area contributed by atoms with Gasteiger partial charge in [0.2, 0.25) is 0 Å². The number of anilines is 1. The number of nitrogens with zero attached hydrogens (tertiary/aromatic N) is 1. The first-order valence-corrected chi connectivity index (χ1v) is 10.7. The molecule has 1 aromatic carbocycles. The van der Waals surface area contributed by atoms with Gasteiger partial charge in [-0.2, -0.15) is 0 Å². The SMILES string of the molecule is COC(=O)c1c(NC(=O)c2ccc(-c3ccc([N+](=O)[O-])cc3Cl)o2)sc2c1CCCC2. The summed E-state index contributed by atoms with van der Waals surface area (Å²) >= 11 is 7.52. The number of carbonyl (C=O) groups excluding carboxylic acids is 2. The van der Waals surface area contributed by atoms with E-state index in [-0.39, 0.29) is 16.5 Å². The van der Waals surface area contributed by atoms with Gasteiger partial charge in [0, 0.05) is 22.6 Å². The predicted octanol–water partition coefficient (Wildman–Crippen LogP) is 5.49. The van der Waals surface area contributed by atoms with Crippen LogP contribution in [0.4, 0.5) is 10.7 Å². The largest absolute Gasteiger partial charge is 0.465 e. The summed E-state index contributed by atoms with van der Waals surface area (Å²) in [6, 6.07) is 7.03. The van der Waals surface area contributed by atoms with Crippen molar-refractivity contribution in [2.45, 2.75) is 25.7 Å². The van der Waals surface area contributed by atoms with Crippen molar-refractivity contribution >= 4 is 45.5 Å². The Morgan fingerprint density at radius 3 is 2.71 bits per heavy atom. The number of ether oxygens (including phenoxy) is 1. The Labute approximate surface area is 185 Å². The Balaban J connectivity index is 1.60. The third-order valence-corrected chi connectivity index (χ3v) is 6.57. The molecule has 4 rings (SSSR count). The lowest BCUT2D eigenvalue weighted by Crippen LogP contribution is -2.14. The van der Waals surface area contributed by atoms with Gasteiger partial charge in [-0.05, 0) is 49.4 Å². The van der Waals surface area contributed by atoms with Gasteiger partial charge in [-0.15, -0.1) is 11.3 Å². The van der Waals surface area contributed by atoms with E-state index in [1.807, 2.05) is 0 Å². The smallest absolute Gasteiger partial charge is 0.341 e. The molecule has 8 nitrogen and oxygen atoms in total. The summed E-state index contributed by atoms with van der Waals surface area (Å²) in [5, 5.41) is 14.2. The number of methoxy groups -OCH3 is 1. The van der Waals surface area contributed by atoms with Crippen molar-refractivity contribution in [1.29, 1.82) is 0 Å². The Morgan fingerprint density at radius 2 is 2.00 bits per heavy atom.